The fourth-order valence-corrected chi connectivity index (χ4v) is 3.04. The molecule has 110 valence electrons. The fraction of sp³-hybridized carbons (Fsp3) is 0.412. The SMILES string of the molecule is C[C@H](O)[C@@H]1CCCCN1C(=O)c1ccc2ccccc2n1. The number of fused-ring (bicyclic) bond motifs is 1. The zero-order chi connectivity index (χ0) is 14.8. The lowest BCUT2D eigenvalue weighted by Crippen LogP contribution is -2.49. The Labute approximate surface area is 124 Å². The van der Waals surface area contributed by atoms with E-state index in [-0.39, 0.29) is 11.9 Å². The quantitative estimate of drug-likeness (QED) is 0.922. The molecule has 0 radical (unpaired) electrons. The maximum atomic E-state index is 12.7. The Hall–Kier alpha value is -1.94. The van der Waals surface area contributed by atoms with Crippen LogP contribution in [0.15, 0.2) is 36.4 Å². The molecule has 1 saturated heterocycles. The number of carbonyl (C=O) groups is 1. The van der Waals surface area contributed by atoms with Gasteiger partial charge < -0.3 is 10.0 Å². The maximum absolute atomic E-state index is 12.7. The molecule has 1 aromatic heterocycles. The Bertz CT molecular complexity index is 654. The summed E-state index contributed by atoms with van der Waals surface area (Å²) in [5.41, 5.74) is 1.29. The van der Waals surface area contributed by atoms with E-state index in [9.17, 15) is 9.90 Å². The minimum Gasteiger partial charge on any atom is -0.391 e. The molecule has 0 aliphatic carbocycles. The van der Waals surface area contributed by atoms with Gasteiger partial charge in [0.25, 0.3) is 5.91 Å². The number of rotatable bonds is 2. The molecule has 0 saturated carbocycles. The summed E-state index contributed by atoms with van der Waals surface area (Å²) in [6, 6.07) is 11.4. The molecule has 1 N–H and O–H groups in total. The number of likely N-dealkylation sites (tertiary alicyclic amines) is 1. The summed E-state index contributed by atoms with van der Waals surface area (Å²) < 4.78 is 0. The van der Waals surface area contributed by atoms with Crippen LogP contribution in [0, 0.1) is 0 Å². The first-order valence-corrected chi connectivity index (χ1v) is 7.51. The van der Waals surface area contributed by atoms with Gasteiger partial charge in [0.05, 0.1) is 17.7 Å². The van der Waals surface area contributed by atoms with Gasteiger partial charge in [0, 0.05) is 11.9 Å². The van der Waals surface area contributed by atoms with Gasteiger partial charge in [-0.1, -0.05) is 24.3 Å². The molecule has 2 atom stereocenters. The number of hydrogen-bond donors (Lipinski definition) is 1. The molecule has 2 aromatic rings. The predicted octanol–water partition coefficient (Wildman–Crippen LogP) is 2.61. The highest BCUT2D eigenvalue weighted by Crippen LogP contribution is 2.22. The minimum atomic E-state index is -0.505. The first-order chi connectivity index (χ1) is 10.2. The number of pyridine rings is 1. The molecule has 1 aliphatic heterocycles. The van der Waals surface area contributed by atoms with Gasteiger partial charge in [-0.2, -0.15) is 0 Å². The molecule has 0 unspecified atom stereocenters. The molecule has 4 nitrogen and oxygen atoms in total. The Balaban J connectivity index is 1.91. The number of hydrogen-bond acceptors (Lipinski definition) is 3. The van der Waals surface area contributed by atoms with Crippen LogP contribution < -0.4 is 0 Å². The van der Waals surface area contributed by atoms with Gasteiger partial charge in [-0.25, -0.2) is 4.98 Å². The summed E-state index contributed by atoms with van der Waals surface area (Å²) in [5.74, 6) is -0.0775. The number of amides is 1. The van der Waals surface area contributed by atoms with Crippen LogP contribution in [-0.2, 0) is 0 Å². The van der Waals surface area contributed by atoms with E-state index in [2.05, 4.69) is 4.98 Å². The lowest BCUT2D eigenvalue weighted by atomic mass is 9.97. The number of aliphatic hydroxyl groups excluding tert-OH is 1. The van der Waals surface area contributed by atoms with Gasteiger partial charge in [0.1, 0.15) is 5.69 Å². The molecule has 3 rings (SSSR count). The number of piperidine rings is 1. The van der Waals surface area contributed by atoms with Crippen LogP contribution in [0.25, 0.3) is 10.9 Å². The number of nitrogens with zero attached hydrogens (tertiary/aromatic N) is 2. The first kappa shape index (κ1) is 14.0. The van der Waals surface area contributed by atoms with E-state index in [0.717, 1.165) is 30.2 Å². The van der Waals surface area contributed by atoms with Gasteiger partial charge in [0.2, 0.25) is 0 Å². The summed E-state index contributed by atoms with van der Waals surface area (Å²) in [5, 5.41) is 10.9. The first-order valence-electron chi connectivity index (χ1n) is 7.51. The molecule has 1 fully saturated rings. The van der Waals surface area contributed by atoms with Crippen molar-refractivity contribution in [1.82, 2.24) is 9.88 Å². The van der Waals surface area contributed by atoms with Crippen molar-refractivity contribution in [2.75, 3.05) is 6.54 Å². The van der Waals surface area contributed by atoms with Crippen LogP contribution in [0.1, 0.15) is 36.7 Å². The van der Waals surface area contributed by atoms with E-state index in [1.54, 1.807) is 17.9 Å². The van der Waals surface area contributed by atoms with E-state index < -0.39 is 6.10 Å². The minimum absolute atomic E-state index is 0.0775. The standard InChI is InChI=1S/C17H20N2O2/c1-12(20)16-8-4-5-11-19(16)17(21)15-10-9-13-6-2-3-7-14(13)18-15/h2-3,6-7,9-10,12,16,20H,4-5,8,11H2,1H3/t12-,16-/m0/s1. The summed E-state index contributed by atoms with van der Waals surface area (Å²) in [4.78, 5) is 19.0. The zero-order valence-corrected chi connectivity index (χ0v) is 12.2. The third kappa shape index (κ3) is 2.76. The van der Waals surface area contributed by atoms with Crippen molar-refractivity contribution in [1.29, 1.82) is 0 Å². The molecular formula is C17H20N2O2. The summed E-state index contributed by atoms with van der Waals surface area (Å²) in [6.07, 6.45) is 2.40. The predicted molar refractivity (Wildman–Crippen MR) is 82.1 cm³/mol. The number of carbonyl (C=O) groups excluding carboxylic acids is 1. The van der Waals surface area contributed by atoms with Crippen molar-refractivity contribution in [3.8, 4) is 0 Å². The molecular weight excluding hydrogens is 264 g/mol. The zero-order valence-electron chi connectivity index (χ0n) is 12.2. The molecule has 21 heavy (non-hydrogen) atoms. The third-order valence-corrected chi connectivity index (χ3v) is 4.18. The monoisotopic (exact) mass is 284 g/mol. The fourth-order valence-electron chi connectivity index (χ4n) is 3.04. The second-order valence-electron chi connectivity index (χ2n) is 5.69. The van der Waals surface area contributed by atoms with E-state index >= 15 is 0 Å². The molecule has 1 amide bonds. The smallest absolute Gasteiger partial charge is 0.272 e. The van der Waals surface area contributed by atoms with Crippen molar-refractivity contribution in [2.45, 2.75) is 38.3 Å². The molecule has 0 bridgehead atoms. The number of aromatic nitrogens is 1. The van der Waals surface area contributed by atoms with Gasteiger partial charge in [-0.15, -0.1) is 0 Å². The Kier molecular flexibility index (Phi) is 3.88. The van der Waals surface area contributed by atoms with Crippen LogP contribution in [0.3, 0.4) is 0 Å². The maximum Gasteiger partial charge on any atom is 0.272 e. The van der Waals surface area contributed by atoms with Crippen molar-refractivity contribution < 1.29 is 9.90 Å². The highest BCUT2D eigenvalue weighted by molar-refractivity contribution is 5.95. The topological polar surface area (TPSA) is 53.4 Å². The Morgan fingerprint density at radius 2 is 2.10 bits per heavy atom. The van der Waals surface area contributed by atoms with Crippen molar-refractivity contribution in [2.24, 2.45) is 0 Å². The average Bonchev–Trinajstić information content (AvgIpc) is 2.53. The third-order valence-electron chi connectivity index (χ3n) is 4.18. The highest BCUT2D eigenvalue weighted by atomic mass is 16.3. The van der Waals surface area contributed by atoms with Gasteiger partial charge in [-0.3, -0.25) is 4.79 Å². The number of benzene rings is 1. The van der Waals surface area contributed by atoms with Crippen LogP contribution in [-0.4, -0.2) is 39.6 Å². The van der Waals surface area contributed by atoms with Gasteiger partial charge in [-0.05, 0) is 38.3 Å². The highest BCUT2D eigenvalue weighted by Gasteiger charge is 2.31. The van der Waals surface area contributed by atoms with Crippen molar-refractivity contribution in [3.05, 3.63) is 42.1 Å². The number of para-hydroxylation sites is 1. The molecule has 2 heterocycles. The van der Waals surface area contributed by atoms with E-state index in [0.29, 0.717) is 12.2 Å². The van der Waals surface area contributed by atoms with Crippen LogP contribution >= 0.6 is 0 Å². The second-order valence-corrected chi connectivity index (χ2v) is 5.69. The van der Waals surface area contributed by atoms with Crippen molar-refractivity contribution >= 4 is 16.8 Å². The van der Waals surface area contributed by atoms with Crippen LogP contribution in [0.2, 0.25) is 0 Å². The van der Waals surface area contributed by atoms with Crippen LogP contribution in [0.5, 0.6) is 0 Å². The average molecular weight is 284 g/mol. The molecule has 1 aliphatic rings. The largest absolute Gasteiger partial charge is 0.391 e. The summed E-state index contributed by atoms with van der Waals surface area (Å²) in [6.45, 7) is 2.45. The molecule has 1 aromatic carbocycles. The Morgan fingerprint density at radius 3 is 2.90 bits per heavy atom. The van der Waals surface area contributed by atoms with E-state index in [1.165, 1.54) is 0 Å². The molecule has 0 spiro atoms. The lowest BCUT2D eigenvalue weighted by Gasteiger charge is -2.37. The van der Waals surface area contributed by atoms with E-state index in [4.69, 9.17) is 0 Å². The normalized spacial score (nSPS) is 20.5. The number of aliphatic hydroxyl groups is 1. The van der Waals surface area contributed by atoms with E-state index in [1.807, 2.05) is 30.3 Å². The molecule has 4 heteroatoms. The van der Waals surface area contributed by atoms with Crippen LogP contribution in [0.4, 0.5) is 0 Å². The lowest BCUT2D eigenvalue weighted by molar-refractivity contribution is 0.0277. The Morgan fingerprint density at radius 1 is 1.29 bits per heavy atom. The second kappa shape index (κ2) is 5.82. The van der Waals surface area contributed by atoms with Gasteiger partial charge >= 0.3 is 0 Å². The summed E-state index contributed by atoms with van der Waals surface area (Å²) in [7, 11) is 0. The summed E-state index contributed by atoms with van der Waals surface area (Å²) >= 11 is 0. The van der Waals surface area contributed by atoms with Gasteiger partial charge in [0.15, 0.2) is 0 Å². The van der Waals surface area contributed by atoms with Crippen molar-refractivity contribution in [3.63, 3.8) is 0 Å².